The van der Waals surface area contributed by atoms with E-state index in [2.05, 4.69) is 10.6 Å². The fourth-order valence-electron chi connectivity index (χ4n) is 2.81. The first-order chi connectivity index (χ1) is 11.9. The molecule has 0 unspecified atom stereocenters. The largest absolute Gasteiger partial charge is 0.468 e. The second-order valence-electron chi connectivity index (χ2n) is 6.34. The predicted octanol–water partition coefficient (Wildman–Crippen LogP) is 4.87. The molecule has 0 saturated carbocycles. The van der Waals surface area contributed by atoms with Gasteiger partial charge in [0.2, 0.25) is 0 Å². The molecule has 0 amide bonds. The molecule has 134 valence electrons. The highest BCUT2D eigenvalue weighted by atomic mass is 16.3. The van der Waals surface area contributed by atoms with Crippen molar-refractivity contribution in [2.24, 2.45) is 0 Å². The molecule has 0 aliphatic carbocycles. The fourth-order valence-corrected chi connectivity index (χ4v) is 2.81. The summed E-state index contributed by atoms with van der Waals surface area (Å²) in [6.45, 7) is 3.87. The van der Waals surface area contributed by atoms with Crippen molar-refractivity contribution in [2.75, 3.05) is 13.1 Å². The third-order valence-corrected chi connectivity index (χ3v) is 4.22. The number of furan rings is 2. The Hall–Kier alpha value is -1.52. The van der Waals surface area contributed by atoms with Gasteiger partial charge in [0.05, 0.1) is 25.6 Å². The lowest BCUT2D eigenvalue weighted by molar-refractivity contribution is 0.472. The van der Waals surface area contributed by atoms with Crippen molar-refractivity contribution in [3.63, 3.8) is 0 Å². The highest BCUT2D eigenvalue weighted by Gasteiger charge is 1.96. The van der Waals surface area contributed by atoms with Crippen LogP contribution in [0.15, 0.2) is 45.6 Å². The normalized spacial score (nSPS) is 11.2. The van der Waals surface area contributed by atoms with Crippen LogP contribution >= 0.6 is 0 Å². The van der Waals surface area contributed by atoms with Gasteiger partial charge in [0.25, 0.3) is 0 Å². The summed E-state index contributed by atoms with van der Waals surface area (Å²) in [6, 6.07) is 7.90. The molecule has 2 N–H and O–H groups in total. The zero-order valence-electron chi connectivity index (χ0n) is 14.8. The van der Waals surface area contributed by atoms with E-state index in [1.54, 1.807) is 12.5 Å². The van der Waals surface area contributed by atoms with E-state index < -0.39 is 0 Å². The average molecular weight is 332 g/mol. The topological polar surface area (TPSA) is 50.3 Å². The van der Waals surface area contributed by atoms with Crippen molar-refractivity contribution in [3.8, 4) is 0 Å². The summed E-state index contributed by atoms with van der Waals surface area (Å²) < 4.78 is 10.6. The third-order valence-electron chi connectivity index (χ3n) is 4.22. The average Bonchev–Trinajstić information content (AvgIpc) is 3.28. The van der Waals surface area contributed by atoms with Crippen molar-refractivity contribution < 1.29 is 8.83 Å². The molecule has 2 aromatic rings. The minimum Gasteiger partial charge on any atom is -0.468 e. The predicted molar refractivity (Wildman–Crippen MR) is 97.8 cm³/mol. The van der Waals surface area contributed by atoms with Crippen LogP contribution in [0.1, 0.15) is 62.9 Å². The minimum absolute atomic E-state index is 0.848. The van der Waals surface area contributed by atoms with Crippen molar-refractivity contribution in [1.29, 1.82) is 0 Å². The highest BCUT2D eigenvalue weighted by Crippen LogP contribution is 2.08. The van der Waals surface area contributed by atoms with Gasteiger partial charge < -0.3 is 19.5 Å². The molecule has 0 fully saturated rings. The van der Waals surface area contributed by atoms with Gasteiger partial charge in [-0.1, -0.05) is 38.5 Å². The van der Waals surface area contributed by atoms with E-state index in [1.165, 1.54) is 51.4 Å². The molecule has 0 aliphatic rings. The number of nitrogens with one attached hydrogen (secondary N) is 2. The maximum atomic E-state index is 5.29. The monoisotopic (exact) mass is 332 g/mol. The van der Waals surface area contributed by atoms with E-state index >= 15 is 0 Å². The Labute approximate surface area is 146 Å². The molecular formula is C20H32N2O2. The fraction of sp³-hybridized carbons (Fsp3) is 0.600. The van der Waals surface area contributed by atoms with Crippen LogP contribution in [-0.4, -0.2) is 13.1 Å². The maximum Gasteiger partial charge on any atom is 0.117 e. The van der Waals surface area contributed by atoms with E-state index in [0.29, 0.717) is 0 Å². The van der Waals surface area contributed by atoms with Crippen LogP contribution in [0.5, 0.6) is 0 Å². The van der Waals surface area contributed by atoms with Gasteiger partial charge in [-0.2, -0.15) is 0 Å². The first-order valence-electron chi connectivity index (χ1n) is 9.41. The standard InChI is InChI=1S/C20H32N2O2/c1(3-5-7-13-21-17-19-11-9-15-23-19)2-4-6-8-14-22-18-20-12-10-16-24-20/h9-12,15-16,21-22H,1-8,13-14,17-18H2. The van der Waals surface area contributed by atoms with E-state index in [4.69, 9.17) is 8.83 Å². The van der Waals surface area contributed by atoms with Crippen molar-refractivity contribution >= 4 is 0 Å². The molecule has 0 radical (unpaired) electrons. The summed E-state index contributed by atoms with van der Waals surface area (Å²) >= 11 is 0. The molecule has 24 heavy (non-hydrogen) atoms. The molecule has 2 aromatic heterocycles. The van der Waals surface area contributed by atoms with Crippen LogP contribution in [0.4, 0.5) is 0 Å². The van der Waals surface area contributed by atoms with Gasteiger partial charge in [0, 0.05) is 0 Å². The van der Waals surface area contributed by atoms with Gasteiger partial charge in [0.1, 0.15) is 11.5 Å². The molecule has 0 aromatic carbocycles. The Bertz CT molecular complexity index is 433. The van der Waals surface area contributed by atoms with Crippen LogP contribution in [0.2, 0.25) is 0 Å². The molecule has 4 heteroatoms. The Morgan fingerprint density at radius 3 is 1.38 bits per heavy atom. The number of hydrogen-bond acceptors (Lipinski definition) is 4. The first kappa shape index (κ1) is 18.8. The maximum absolute atomic E-state index is 5.29. The van der Waals surface area contributed by atoms with Gasteiger partial charge in [-0.05, 0) is 50.2 Å². The summed E-state index contributed by atoms with van der Waals surface area (Å²) in [5.41, 5.74) is 0. The van der Waals surface area contributed by atoms with E-state index in [9.17, 15) is 0 Å². The van der Waals surface area contributed by atoms with Crippen LogP contribution in [0, 0.1) is 0 Å². The summed E-state index contributed by atoms with van der Waals surface area (Å²) in [5.74, 6) is 2.04. The van der Waals surface area contributed by atoms with E-state index in [1.807, 2.05) is 24.3 Å². The third kappa shape index (κ3) is 8.94. The molecule has 2 heterocycles. The Balaban J connectivity index is 1.25. The van der Waals surface area contributed by atoms with Crippen LogP contribution < -0.4 is 10.6 Å². The molecular weight excluding hydrogens is 300 g/mol. The molecule has 0 spiro atoms. The number of rotatable bonds is 15. The van der Waals surface area contributed by atoms with Crippen molar-refractivity contribution in [2.45, 2.75) is 64.5 Å². The van der Waals surface area contributed by atoms with Crippen molar-refractivity contribution in [1.82, 2.24) is 10.6 Å². The lowest BCUT2D eigenvalue weighted by atomic mass is 10.1. The molecule has 0 aliphatic heterocycles. The smallest absolute Gasteiger partial charge is 0.117 e. The molecule has 0 atom stereocenters. The molecule has 0 bridgehead atoms. The summed E-state index contributed by atoms with van der Waals surface area (Å²) in [7, 11) is 0. The van der Waals surface area contributed by atoms with Gasteiger partial charge in [-0.15, -0.1) is 0 Å². The first-order valence-corrected chi connectivity index (χ1v) is 9.41. The lowest BCUT2D eigenvalue weighted by Crippen LogP contribution is -2.14. The van der Waals surface area contributed by atoms with Crippen LogP contribution in [-0.2, 0) is 13.1 Å². The Morgan fingerprint density at radius 2 is 1.00 bits per heavy atom. The van der Waals surface area contributed by atoms with Crippen LogP contribution in [0.3, 0.4) is 0 Å². The summed E-state index contributed by atoms with van der Waals surface area (Å²) in [4.78, 5) is 0. The second-order valence-corrected chi connectivity index (χ2v) is 6.34. The SMILES string of the molecule is c1coc(CNCCCCCCCCCCNCc2ccco2)c1. The van der Waals surface area contributed by atoms with Gasteiger partial charge in [0.15, 0.2) is 0 Å². The molecule has 0 saturated heterocycles. The quantitative estimate of drug-likeness (QED) is 0.457. The molecule has 4 nitrogen and oxygen atoms in total. The van der Waals surface area contributed by atoms with Crippen LogP contribution in [0.25, 0.3) is 0 Å². The highest BCUT2D eigenvalue weighted by molar-refractivity contribution is 4.97. The van der Waals surface area contributed by atoms with E-state index in [0.717, 1.165) is 37.7 Å². The zero-order chi connectivity index (χ0) is 16.7. The second kappa shape index (κ2) is 12.8. The summed E-state index contributed by atoms with van der Waals surface area (Å²) in [5, 5.41) is 6.84. The minimum atomic E-state index is 0.848. The number of unbranched alkanes of at least 4 members (excludes halogenated alkanes) is 7. The van der Waals surface area contributed by atoms with E-state index in [-0.39, 0.29) is 0 Å². The number of hydrogen-bond donors (Lipinski definition) is 2. The summed E-state index contributed by atoms with van der Waals surface area (Å²) in [6.07, 6.45) is 14.1. The lowest BCUT2D eigenvalue weighted by Gasteiger charge is -2.04. The van der Waals surface area contributed by atoms with Gasteiger partial charge >= 0.3 is 0 Å². The molecule has 2 rings (SSSR count). The van der Waals surface area contributed by atoms with Gasteiger partial charge in [-0.25, -0.2) is 0 Å². The Morgan fingerprint density at radius 1 is 0.583 bits per heavy atom. The van der Waals surface area contributed by atoms with Crippen molar-refractivity contribution in [3.05, 3.63) is 48.3 Å². The zero-order valence-corrected chi connectivity index (χ0v) is 14.8. The van der Waals surface area contributed by atoms with Gasteiger partial charge in [-0.3, -0.25) is 0 Å². The Kier molecular flexibility index (Phi) is 10.1.